The zero-order valence-electron chi connectivity index (χ0n) is 26.2. The predicted octanol–water partition coefficient (Wildman–Crippen LogP) is -0.571. The molecular weight excluding hydrogens is 620 g/mol. The van der Waals surface area contributed by atoms with Crippen molar-refractivity contribution in [3.63, 3.8) is 0 Å². The number of amides is 7. The van der Waals surface area contributed by atoms with Crippen molar-refractivity contribution >= 4 is 74.3 Å². The lowest BCUT2D eigenvalue weighted by Gasteiger charge is -2.11. The molecule has 15 heteroatoms. The van der Waals surface area contributed by atoms with E-state index in [1.165, 1.54) is 6.92 Å². The summed E-state index contributed by atoms with van der Waals surface area (Å²) < 4.78 is 3.72. The van der Waals surface area contributed by atoms with Gasteiger partial charge in [-0.1, -0.05) is 36.4 Å². The number of hydrogen-bond donors (Lipinski definition) is 6. The number of fused-ring (bicyclic) bond motifs is 2. The summed E-state index contributed by atoms with van der Waals surface area (Å²) in [6, 6.07) is 14.1. The van der Waals surface area contributed by atoms with Crippen LogP contribution in [-0.4, -0.2) is 76.2 Å². The third kappa shape index (κ3) is 7.09. The average molecular weight is 655 g/mol. The Morgan fingerprint density at radius 3 is 1.83 bits per heavy atom. The van der Waals surface area contributed by atoms with E-state index in [-0.39, 0.29) is 30.7 Å². The average Bonchev–Trinajstić information content (AvgIpc) is 3.69. The van der Waals surface area contributed by atoms with Crippen LogP contribution >= 0.6 is 0 Å². The van der Waals surface area contributed by atoms with Crippen LogP contribution in [0, 0.1) is 0 Å². The van der Waals surface area contributed by atoms with Gasteiger partial charge in [-0.05, 0) is 19.1 Å². The molecule has 48 heavy (non-hydrogen) atoms. The van der Waals surface area contributed by atoms with Crippen molar-refractivity contribution in [1.82, 2.24) is 35.7 Å². The monoisotopic (exact) mass is 654 g/mol. The Bertz CT molecular complexity index is 2020. The summed E-state index contributed by atoms with van der Waals surface area (Å²) in [5.41, 5.74) is 8.44. The molecule has 0 unspecified atom stereocenters. The molecule has 7 amide bonds. The van der Waals surface area contributed by atoms with E-state index in [4.69, 9.17) is 5.73 Å². The molecule has 1 aliphatic heterocycles. The Morgan fingerprint density at radius 1 is 0.729 bits per heavy atom. The largest absolute Gasteiger partial charge is 0.368 e. The number of primary amides is 1. The minimum Gasteiger partial charge on any atom is -0.368 e. The van der Waals surface area contributed by atoms with Crippen molar-refractivity contribution in [3.8, 4) is 0 Å². The second-order valence-corrected chi connectivity index (χ2v) is 11.2. The lowest BCUT2D eigenvalue weighted by Crippen LogP contribution is -2.48. The Kier molecular flexibility index (Phi) is 9.68. The smallest absolute Gasteiger partial charge is 0.259 e. The SMILES string of the molecule is C[C@H](NC(=O)CNC(=O)CNC(=O)CNC(=O)CCn1cc(C2=C(c3cn(C)c4ccccc34)C(=O)NC2=O)c2ccccc21)C(N)=O. The number of aromatic nitrogens is 2. The van der Waals surface area contributed by atoms with Gasteiger partial charge in [-0.2, -0.15) is 0 Å². The Balaban J connectivity index is 1.22. The van der Waals surface area contributed by atoms with Crippen molar-refractivity contribution in [2.45, 2.75) is 25.9 Å². The summed E-state index contributed by atoms with van der Waals surface area (Å²) in [4.78, 5) is 85.9. The molecule has 0 bridgehead atoms. The van der Waals surface area contributed by atoms with Gasteiger partial charge in [0.25, 0.3) is 11.8 Å². The molecule has 0 saturated heterocycles. The molecule has 0 saturated carbocycles. The van der Waals surface area contributed by atoms with Crippen LogP contribution in [0.3, 0.4) is 0 Å². The molecule has 1 aliphatic rings. The van der Waals surface area contributed by atoms with E-state index in [1.807, 2.05) is 70.9 Å². The van der Waals surface area contributed by atoms with Gasteiger partial charge in [0.2, 0.25) is 29.5 Å². The highest BCUT2D eigenvalue weighted by Gasteiger charge is 2.35. The second kappa shape index (κ2) is 14.0. The topological polar surface area (TPSA) is 216 Å². The van der Waals surface area contributed by atoms with Crippen molar-refractivity contribution < 1.29 is 33.6 Å². The fourth-order valence-electron chi connectivity index (χ4n) is 5.48. The van der Waals surface area contributed by atoms with Crippen molar-refractivity contribution in [3.05, 3.63) is 72.1 Å². The van der Waals surface area contributed by atoms with Crippen LogP contribution in [0.4, 0.5) is 0 Å². The van der Waals surface area contributed by atoms with Gasteiger partial charge in [-0.3, -0.25) is 38.9 Å². The molecule has 7 N–H and O–H groups in total. The van der Waals surface area contributed by atoms with E-state index >= 15 is 0 Å². The van der Waals surface area contributed by atoms with Crippen LogP contribution in [0.15, 0.2) is 60.9 Å². The van der Waals surface area contributed by atoms with E-state index in [0.717, 1.165) is 21.8 Å². The van der Waals surface area contributed by atoms with Gasteiger partial charge in [0, 0.05) is 65.3 Å². The van der Waals surface area contributed by atoms with E-state index in [9.17, 15) is 33.6 Å². The first-order valence-corrected chi connectivity index (χ1v) is 15.1. The third-order valence-corrected chi connectivity index (χ3v) is 7.88. The molecule has 0 aliphatic carbocycles. The van der Waals surface area contributed by atoms with E-state index < -0.39 is 60.5 Å². The predicted molar refractivity (Wildman–Crippen MR) is 175 cm³/mol. The maximum atomic E-state index is 13.2. The summed E-state index contributed by atoms with van der Waals surface area (Å²) in [5, 5.41) is 13.5. The van der Waals surface area contributed by atoms with Gasteiger partial charge in [-0.25, -0.2) is 0 Å². The number of nitrogens with one attached hydrogen (secondary N) is 5. The number of aryl methyl sites for hydroxylation is 2. The zero-order chi connectivity index (χ0) is 34.5. The van der Waals surface area contributed by atoms with Crippen LogP contribution < -0.4 is 32.3 Å². The molecule has 3 heterocycles. The summed E-state index contributed by atoms with van der Waals surface area (Å²) in [6.45, 7) is 0.373. The summed E-state index contributed by atoms with van der Waals surface area (Å²) in [5.74, 6) is -4.05. The summed E-state index contributed by atoms with van der Waals surface area (Å²) in [7, 11) is 1.87. The molecular formula is C33H34N8O7. The van der Waals surface area contributed by atoms with Gasteiger partial charge in [-0.15, -0.1) is 0 Å². The Labute approximate surface area is 273 Å². The van der Waals surface area contributed by atoms with E-state index in [1.54, 1.807) is 6.20 Å². The van der Waals surface area contributed by atoms with Crippen LogP contribution in [0.1, 0.15) is 24.5 Å². The second-order valence-electron chi connectivity index (χ2n) is 11.2. The minimum atomic E-state index is -0.901. The highest BCUT2D eigenvalue weighted by Crippen LogP contribution is 2.38. The minimum absolute atomic E-state index is 0.00886. The van der Waals surface area contributed by atoms with E-state index in [0.29, 0.717) is 11.1 Å². The number of para-hydroxylation sites is 2. The fraction of sp³-hybridized carbons (Fsp3) is 0.242. The van der Waals surface area contributed by atoms with Gasteiger partial charge in [0.15, 0.2) is 0 Å². The number of nitrogens with two attached hydrogens (primary N) is 1. The number of carbonyl (C=O) groups excluding carboxylic acids is 7. The Morgan fingerprint density at radius 2 is 1.23 bits per heavy atom. The zero-order valence-corrected chi connectivity index (χ0v) is 26.2. The van der Waals surface area contributed by atoms with Crippen molar-refractivity contribution in [2.75, 3.05) is 19.6 Å². The molecule has 15 nitrogen and oxygen atoms in total. The highest BCUT2D eigenvalue weighted by atomic mass is 16.2. The van der Waals surface area contributed by atoms with Crippen LogP contribution in [-0.2, 0) is 47.2 Å². The fourth-order valence-corrected chi connectivity index (χ4v) is 5.48. The number of nitrogens with zero attached hydrogens (tertiary/aromatic N) is 2. The van der Waals surface area contributed by atoms with Gasteiger partial charge >= 0.3 is 0 Å². The van der Waals surface area contributed by atoms with Gasteiger partial charge in [0.1, 0.15) is 6.04 Å². The molecule has 1 atom stereocenters. The standard InChI is InChI=1S/C33H34N8O7/c1-18(31(34)46)38-28(45)15-37-27(44)14-36-26(43)13-35-25(42)11-12-41-17-22(20-8-4-6-10-24(20)41)30-29(32(47)39-33(30)48)21-16-40(2)23-9-5-3-7-19(21)23/h3-10,16-18H,11-15H2,1-2H3,(H2,34,46)(H,35,42)(H,36,43)(H,37,44)(H,38,45)(H,39,47,48)/t18-/m0/s1. The molecule has 0 radical (unpaired) electrons. The molecule has 5 rings (SSSR count). The lowest BCUT2D eigenvalue weighted by molar-refractivity contribution is -0.129. The van der Waals surface area contributed by atoms with Crippen LogP contribution in [0.2, 0.25) is 0 Å². The van der Waals surface area contributed by atoms with Gasteiger partial charge in [0.05, 0.1) is 30.8 Å². The van der Waals surface area contributed by atoms with Crippen LogP contribution in [0.5, 0.6) is 0 Å². The number of imide groups is 1. The number of rotatable bonds is 13. The first-order valence-electron chi connectivity index (χ1n) is 15.1. The molecule has 0 fully saturated rings. The molecule has 4 aromatic rings. The first kappa shape index (κ1) is 33.1. The summed E-state index contributed by atoms with van der Waals surface area (Å²) in [6.07, 6.45) is 3.57. The summed E-state index contributed by atoms with van der Waals surface area (Å²) >= 11 is 0. The number of carbonyl (C=O) groups is 7. The lowest BCUT2D eigenvalue weighted by atomic mass is 9.95. The van der Waals surface area contributed by atoms with Crippen molar-refractivity contribution in [1.29, 1.82) is 0 Å². The van der Waals surface area contributed by atoms with Gasteiger partial charge < -0.3 is 36.1 Å². The molecule has 2 aromatic heterocycles. The van der Waals surface area contributed by atoms with Crippen LogP contribution in [0.25, 0.3) is 33.0 Å². The molecule has 0 spiro atoms. The van der Waals surface area contributed by atoms with E-state index in [2.05, 4.69) is 26.6 Å². The number of benzene rings is 2. The van der Waals surface area contributed by atoms with Crippen molar-refractivity contribution in [2.24, 2.45) is 12.8 Å². The highest BCUT2D eigenvalue weighted by molar-refractivity contribution is 6.50. The maximum absolute atomic E-state index is 13.2. The quantitative estimate of drug-likeness (QED) is 0.103. The first-order chi connectivity index (χ1) is 22.9. The Hall–Kier alpha value is -6.25. The molecule has 2 aromatic carbocycles. The number of hydrogen-bond acceptors (Lipinski definition) is 7. The maximum Gasteiger partial charge on any atom is 0.259 e. The molecule has 248 valence electrons. The normalized spacial score (nSPS) is 13.4. The third-order valence-electron chi connectivity index (χ3n) is 7.88.